The molecule has 0 aromatic heterocycles. The standard InChI is InChI=1S/2C13H16I3N3O5/c2*14-8-6(12(23)18-1-2-20)9(15)11(17)10(16)7(8)13(24)19-3-5(22)4-21/h2*5,20-22H,1-4,17H2,(H,18,23)(H,19,24). The SMILES string of the molecule is Nc1c(I)c(C(=O)NCCO)c(I)c(C(=O)NCC(O)CO)c1I.Nc1c(I)c(C(=O)NCCO)c(I)c(C(=O)NCC(O)CO)c1I. The van der Waals surface area contributed by atoms with E-state index in [0.717, 1.165) is 0 Å². The quantitative estimate of drug-likeness (QED) is 0.0864. The van der Waals surface area contributed by atoms with Gasteiger partial charge in [-0.2, -0.15) is 0 Å². The van der Waals surface area contributed by atoms with Crippen molar-refractivity contribution in [3.63, 3.8) is 0 Å². The molecule has 0 heterocycles. The summed E-state index contributed by atoms with van der Waals surface area (Å²) in [5, 5.41) is 64.1. The lowest BCUT2D eigenvalue weighted by Crippen LogP contribution is -2.35. The van der Waals surface area contributed by atoms with Gasteiger partial charge in [0, 0.05) is 33.3 Å². The van der Waals surface area contributed by atoms with Gasteiger partial charge in [-0.05, 0) is 136 Å². The fourth-order valence-electron chi connectivity index (χ4n) is 3.41. The Balaban J connectivity index is 0.000000480. The first kappa shape index (κ1) is 46.1. The van der Waals surface area contributed by atoms with Crippen LogP contribution in [0.5, 0.6) is 0 Å². The summed E-state index contributed by atoms with van der Waals surface area (Å²) in [6.45, 7) is -1.44. The molecule has 0 aliphatic rings. The number of hydrogen-bond donors (Lipinski definition) is 12. The van der Waals surface area contributed by atoms with Crippen molar-refractivity contribution in [2.24, 2.45) is 0 Å². The molecule has 2 unspecified atom stereocenters. The van der Waals surface area contributed by atoms with Crippen molar-refractivity contribution in [3.05, 3.63) is 43.7 Å². The van der Waals surface area contributed by atoms with Gasteiger partial charge in [-0.25, -0.2) is 0 Å². The molecule has 0 aliphatic carbocycles. The van der Waals surface area contributed by atoms with E-state index in [-0.39, 0.29) is 61.6 Å². The molecule has 2 atom stereocenters. The van der Waals surface area contributed by atoms with Crippen LogP contribution < -0.4 is 32.7 Å². The second-order valence-corrected chi connectivity index (χ2v) is 15.7. The molecule has 4 amide bonds. The highest BCUT2D eigenvalue weighted by molar-refractivity contribution is 14.1. The zero-order chi connectivity index (χ0) is 36.9. The highest BCUT2D eigenvalue weighted by Crippen LogP contribution is 2.35. The molecular formula is C26H32I6N6O10. The molecule has 0 spiro atoms. The van der Waals surface area contributed by atoms with Gasteiger partial charge in [0.15, 0.2) is 0 Å². The average Bonchev–Trinajstić information content (AvgIpc) is 3.05. The molecule has 2 rings (SSSR count). The van der Waals surface area contributed by atoms with Gasteiger partial charge in [-0.3, -0.25) is 19.2 Å². The lowest BCUT2D eigenvalue weighted by atomic mass is 10.1. The number of anilines is 2. The predicted molar refractivity (Wildman–Crippen MR) is 228 cm³/mol. The molecule has 14 N–H and O–H groups in total. The maximum absolute atomic E-state index is 12.4. The molecule has 48 heavy (non-hydrogen) atoms. The van der Waals surface area contributed by atoms with E-state index in [9.17, 15) is 29.4 Å². The molecule has 2 aromatic carbocycles. The number of nitrogens with two attached hydrogens (primary N) is 2. The number of carbonyl (C=O) groups is 4. The van der Waals surface area contributed by atoms with Gasteiger partial charge in [0.25, 0.3) is 23.6 Å². The summed E-state index contributed by atoms with van der Waals surface area (Å²) in [4.78, 5) is 49.4. The first-order chi connectivity index (χ1) is 22.5. The van der Waals surface area contributed by atoms with Gasteiger partial charge in [-0.1, -0.05) is 0 Å². The van der Waals surface area contributed by atoms with Crippen LogP contribution in [-0.2, 0) is 0 Å². The number of nitrogen functional groups attached to an aromatic ring is 2. The number of halogens is 6. The van der Waals surface area contributed by atoms with Gasteiger partial charge < -0.3 is 63.4 Å². The Labute approximate surface area is 356 Å². The van der Waals surface area contributed by atoms with Crippen molar-refractivity contribution >= 4 is 171 Å². The zero-order valence-electron chi connectivity index (χ0n) is 24.6. The van der Waals surface area contributed by atoms with Crippen molar-refractivity contribution in [3.8, 4) is 0 Å². The van der Waals surface area contributed by atoms with Gasteiger partial charge >= 0.3 is 0 Å². The van der Waals surface area contributed by atoms with E-state index in [0.29, 0.717) is 32.8 Å². The van der Waals surface area contributed by atoms with Crippen LogP contribution in [0.3, 0.4) is 0 Å². The van der Waals surface area contributed by atoms with E-state index in [1.807, 2.05) is 136 Å². The Hall–Kier alpha value is 0.0600. The number of amides is 4. The van der Waals surface area contributed by atoms with E-state index in [4.69, 9.17) is 31.9 Å². The van der Waals surface area contributed by atoms with Crippen molar-refractivity contribution in [2.75, 3.05) is 64.1 Å². The smallest absolute Gasteiger partial charge is 0.253 e. The fraction of sp³-hybridized carbons (Fsp3) is 0.385. The minimum atomic E-state index is -1.07. The number of benzene rings is 2. The van der Waals surface area contributed by atoms with Crippen LogP contribution in [-0.4, -0.2) is 119 Å². The van der Waals surface area contributed by atoms with Crippen LogP contribution in [0.1, 0.15) is 41.4 Å². The monoisotopic (exact) mass is 1350 g/mol. The maximum atomic E-state index is 12.4. The lowest BCUT2D eigenvalue weighted by Gasteiger charge is -2.17. The largest absolute Gasteiger partial charge is 0.397 e. The van der Waals surface area contributed by atoms with Crippen LogP contribution in [0.2, 0.25) is 0 Å². The molecule has 0 bridgehead atoms. The van der Waals surface area contributed by atoms with Crippen LogP contribution in [0, 0.1) is 21.4 Å². The van der Waals surface area contributed by atoms with Crippen LogP contribution in [0.4, 0.5) is 11.4 Å². The molecule has 0 saturated carbocycles. The lowest BCUT2D eigenvalue weighted by molar-refractivity contribution is 0.0797. The van der Waals surface area contributed by atoms with E-state index < -0.39 is 49.1 Å². The van der Waals surface area contributed by atoms with Crippen LogP contribution >= 0.6 is 136 Å². The fourth-order valence-corrected chi connectivity index (χ4v) is 11.7. The minimum Gasteiger partial charge on any atom is -0.397 e. The molecule has 268 valence electrons. The molecular weight excluding hydrogens is 1320 g/mol. The number of rotatable bonds is 14. The van der Waals surface area contributed by atoms with Crippen LogP contribution in [0.25, 0.3) is 0 Å². The highest BCUT2D eigenvalue weighted by Gasteiger charge is 2.28. The Kier molecular flexibility index (Phi) is 22.0. The Bertz CT molecular complexity index is 1390. The first-order valence-electron chi connectivity index (χ1n) is 13.4. The average molecular weight is 1350 g/mol. The Morgan fingerprint density at radius 3 is 0.979 bits per heavy atom. The summed E-state index contributed by atoms with van der Waals surface area (Å²) in [5.74, 6) is -1.89. The first-order valence-corrected chi connectivity index (χ1v) is 19.8. The van der Waals surface area contributed by atoms with Gasteiger partial charge in [0.1, 0.15) is 0 Å². The number of carbonyl (C=O) groups excluding carboxylic acids is 4. The second-order valence-electron chi connectivity index (χ2n) is 9.26. The summed E-state index contributed by atoms with van der Waals surface area (Å²) in [7, 11) is 0. The number of aliphatic hydroxyl groups is 6. The molecule has 0 radical (unpaired) electrons. The highest BCUT2D eigenvalue weighted by atomic mass is 127. The third-order valence-electron chi connectivity index (χ3n) is 5.82. The molecule has 16 nitrogen and oxygen atoms in total. The summed E-state index contributed by atoms with van der Waals surface area (Å²) >= 11 is 11.5. The Morgan fingerprint density at radius 2 is 0.750 bits per heavy atom. The normalized spacial score (nSPS) is 11.9. The molecule has 0 fully saturated rings. The summed E-state index contributed by atoms with van der Waals surface area (Å²) < 4.78 is 2.86. The van der Waals surface area contributed by atoms with Crippen molar-refractivity contribution in [2.45, 2.75) is 12.2 Å². The third-order valence-corrected chi connectivity index (χ3v) is 12.5. The molecule has 2 aromatic rings. The van der Waals surface area contributed by atoms with E-state index in [2.05, 4.69) is 21.3 Å². The van der Waals surface area contributed by atoms with Crippen molar-refractivity contribution in [1.29, 1.82) is 0 Å². The maximum Gasteiger partial charge on any atom is 0.253 e. The van der Waals surface area contributed by atoms with E-state index in [1.165, 1.54) is 0 Å². The Morgan fingerprint density at radius 1 is 0.500 bits per heavy atom. The second kappa shape index (κ2) is 22.9. The van der Waals surface area contributed by atoms with Crippen molar-refractivity contribution < 1.29 is 49.8 Å². The minimum absolute atomic E-state index is 0.0844. The van der Waals surface area contributed by atoms with Crippen LogP contribution in [0.15, 0.2) is 0 Å². The van der Waals surface area contributed by atoms with Gasteiger partial charge in [0.2, 0.25) is 0 Å². The number of hydrogen-bond acceptors (Lipinski definition) is 12. The summed E-state index contributed by atoms with van der Waals surface area (Å²) in [5.41, 5.74) is 13.6. The van der Waals surface area contributed by atoms with Crippen molar-refractivity contribution in [1.82, 2.24) is 21.3 Å². The third kappa shape index (κ3) is 12.6. The van der Waals surface area contributed by atoms with Gasteiger partial charge in [0.05, 0.1) is 86.5 Å². The van der Waals surface area contributed by atoms with E-state index >= 15 is 0 Å². The summed E-state index contributed by atoms with van der Waals surface area (Å²) in [6, 6.07) is 0. The number of aliphatic hydroxyl groups excluding tert-OH is 6. The molecule has 22 heteroatoms. The van der Waals surface area contributed by atoms with E-state index in [1.54, 1.807) is 0 Å². The molecule has 0 aliphatic heterocycles. The zero-order valence-corrected chi connectivity index (χ0v) is 37.5. The molecule has 0 saturated heterocycles. The predicted octanol–water partition coefficient (Wildman–Crippen LogP) is -0.225. The van der Waals surface area contributed by atoms with Gasteiger partial charge in [-0.15, -0.1) is 0 Å². The number of nitrogens with one attached hydrogen (secondary N) is 4. The topological polar surface area (TPSA) is 290 Å². The summed E-state index contributed by atoms with van der Waals surface area (Å²) in [6.07, 6.45) is -2.14.